The van der Waals surface area contributed by atoms with Gasteiger partial charge in [-0.2, -0.15) is 0 Å². The first-order valence-corrected chi connectivity index (χ1v) is 6.76. The van der Waals surface area contributed by atoms with Gasteiger partial charge < -0.3 is 11.1 Å². The van der Waals surface area contributed by atoms with E-state index in [0.29, 0.717) is 18.4 Å². The van der Waals surface area contributed by atoms with Crippen LogP contribution in [0.1, 0.15) is 44.2 Å². The zero-order chi connectivity index (χ0) is 14.8. The van der Waals surface area contributed by atoms with Gasteiger partial charge in [0, 0.05) is 12.1 Å². The summed E-state index contributed by atoms with van der Waals surface area (Å²) in [6.45, 7) is 1.80. The molecule has 2 rings (SSSR count). The van der Waals surface area contributed by atoms with E-state index in [9.17, 15) is 14.9 Å². The van der Waals surface area contributed by atoms with Crippen molar-refractivity contribution in [2.75, 3.05) is 0 Å². The first kappa shape index (κ1) is 14.5. The summed E-state index contributed by atoms with van der Waals surface area (Å²) >= 11 is 0. The number of hydrogen-bond donors (Lipinski definition) is 2. The van der Waals surface area contributed by atoms with E-state index in [4.69, 9.17) is 5.73 Å². The molecule has 1 aliphatic carbocycles. The van der Waals surface area contributed by atoms with Crippen LogP contribution >= 0.6 is 0 Å². The predicted molar refractivity (Wildman–Crippen MR) is 75.0 cm³/mol. The Balaban J connectivity index is 2.08. The van der Waals surface area contributed by atoms with Crippen molar-refractivity contribution in [1.29, 1.82) is 0 Å². The SMILES string of the molecule is CC(NC(=O)C1(N)CCCC1)c1cccc([N+](=O)[O-])c1. The number of nitrogens with zero attached hydrogens (tertiary/aromatic N) is 1. The van der Waals surface area contributed by atoms with Crippen molar-refractivity contribution in [2.45, 2.75) is 44.2 Å². The normalized spacial score (nSPS) is 18.5. The molecule has 0 aromatic heterocycles. The number of nitro groups is 1. The fourth-order valence-electron chi connectivity index (χ4n) is 2.56. The zero-order valence-electron chi connectivity index (χ0n) is 11.5. The molecule has 1 aromatic rings. The van der Waals surface area contributed by atoms with E-state index in [2.05, 4.69) is 5.32 Å². The monoisotopic (exact) mass is 277 g/mol. The molecule has 0 saturated heterocycles. The van der Waals surface area contributed by atoms with Crippen LogP contribution in [0.25, 0.3) is 0 Å². The molecule has 0 aliphatic heterocycles. The summed E-state index contributed by atoms with van der Waals surface area (Å²) in [4.78, 5) is 22.5. The number of carbonyl (C=O) groups is 1. The highest BCUT2D eigenvalue weighted by atomic mass is 16.6. The first-order chi connectivity index (χ1) is 9.42. The summed E-state index contributed by atoms with van der Waals surface area (Å²) in [5, 5.41) is 13.6. The van der Waals surface area contributed by atoms with E-state index in [1.54, 1.807) is 19.1 Å². The van der Waals surface area contributed by atoms with Crippen LogP contribution in [0.2, 0.25) is 0 Å². The van der Waals surface area contributed by atoms with E-state index in [1.807, 2.05) is 0 Å². The summed E-state index contributed by atoms with van der Waals surface area (Å²) in [5.74, 6) is -0.172. The maximum Gasteiger partial charge on any atom is 0.269 e. The van der Waals surface area contributed by atoms with Gasteiger partial charge >= 0.3 is 0 Å². The van der Waals surface area contributed by atoms with Crippen LogP contribution in [0.4, 0.5) is 5.69 Å². The Labute approximate surface area is 117 Å². The lowest BCUT2D eigenvalue weighted by Crippen LogP contribution is -2.52. The molecule has 1 amide bonds. The Bertz CT molecular complexity index is 524. The molecule has 6 nitrogen and oxygen atoms in total. The lowest BCUT2D eigenvalue weighted by Gasteiger charge is -2.25. The Morgan fingerprint density at radius 3 is 2.70 bits per heavy atom. The average Bonchev–Trinajstić information content (AvgIpc) is 2.87. The fraction of sp³-hybridized carbons (Fsp3) is 0.500. The van der Waals surface area contributed by atoms with Crippen molar-refractivity contribution < 1.29 is 9.72 Å². The molecule has 20 heavy (non-hydrogen) atoms. The summed E-state index contributed by atoms with van der Waals surface area (Å²) in [6, 6.07) is 5.98. The number of benzene rings is 1. The Kier molecular flexibility index (Phi) is 4.04. The van der Waals surface area contributed by atoms with Crippen molar-refractivity contribution in [3.05, 3.63) is 39.9 Å². The first-order valence-electron chi connectivity index (χ1n) is 6.76. The molecule has 1 aromatic carbocycles. The molecule has 6 heteroatoms. The Morgan fingerprint density at radius 1 is 1.45 bits per heavy atom. The van der Waals surface area contributed by atoms with Crippen LogP contribution in [0, 0.1) is 10.1 Å². The second-order valence-corrected chi connectivity index (χ2v) is 5.41. The molecule has 1 unspecified atom stereocenters. The smallest absolute Gasteiger partial charge is 0.269 e. The minimum atomic E-state index is -0.783. The molecule has 1 aliphatic rings. The molecule has 1 atom stereocenters. The minimum Gasteiger partial charge on any atom is -0.348 e. The molecule has 1 saturated carbocycles. The second kappa shape index (κ2) is 5.58. The predicted octanol–water partition coefficient (Wildman–Crippen LogP) is 2.04. The molecule has 0 radical (unpaired) electrons. The molecule has 0 spiro atoms. The van der Waals surface area contributed by atoms with E-state index >= 15 is 0 Å². The third-order valence-electron chi connectivity index (χ3n) is 3.88. The fourth-order valence-corrected chi connectivity index (χ4v) is 2.56. The lowest BCUT2D eigenvalue weighted by molar-refractivity contribution is -0.384. The number of carbonyl (C=O) groups excluding carboxylic acids is 1. The van der Waals surface area contributed by atoms with Gasteiger partial charge in [-0.25, -0.2) is 0 Å². The van der Waals surface area contributed by atoms with Crippen LogP contribution in [-0.2, 0) is 4.79 Å². The quantitative estimate of drug-likeness (QED) is 0.650. The average molecular weight is 277 g/mol. The van der Waals surface area contributed by atoms with E-state index in [1.165, 1.54) is 12.1 Å². The highest BCUT2D eigenvalue weighted by Gasteiger charge is 2.37. The molecule has 3 N–H and O–H groups in total. The maximum absolute atomic E-state index is 12.2. The van der Waals surface area contributed by atoms with E-state index in [-0.39, 0.29) is 17.6 Å². The van der Waals surface area contributed by atoms with Crippen LogP contribution in [0.5, 0.6) is 0 Å². The number of amides is 1. The molecule has 0 heterocycles. The van der Waals surface area contributed by atoms with Gasteiger partial charge in [-0.3, -0.25) is 14.9 Å². The molecular formula is C14H19N3O3. The number of nitrogens with one attached hydrogen (secondary N) is 1. The maximum atomic E-state index is 12.2. The van der Waals surface area contributed by atoms with Crippen LogP contribution in [-0.4, -0.2) is 16.4 Å². The van der Waals surface area contributed by atoms with E-state index in [0.717, 1.165) is 12.8 Å². The van der Waals surface area contributed by atoms with Crippen molar-refractivity contribution in [1.82, 2.24) is 5.32 Å². The molecule has 108 valence electrons. The summed E-state index contributed by atoms with van der Waals surface area (Å²) < 4.78 is 0. The standard InChI is InChI=1S/C14H19N3O3/c1-10(11-5-4-6-12(9-11)17(19)20)16-13(18)14(15)7-2-3-8-14/h4-6,9-10H,2-3,7-8,15H2,1H3,(H,16,18). The number of rotatable bonds is 4. The zero-order valence-corrected chi connectivity index (χ0v) is 11.5. The summed E-state index contributed by atoms with van der Waals surface area (Å²) in [5.41, 5.74) is 6.03. The lowest BCUT2D eigenvalue weighted by atomic mass is 9.97. The number of non-ortho nitro benzene ring substituents is 1. The number of nitrogens with two attached hydrogens (primary N) is 1. The molecule has 0 bridgehead atoms. The highest BCUT2D eigenvalue weighted by molar-refractivity contribution is 5.86. The highest BCUT2D eigenvalue weighted by Crippen LogP contribution is 2.28. The van der Waals surface area contributed by atoms with Gasteiger partial charge in [0.1, 0.15) is 0 Å². The molecular weight excluding hydrogens is 258 g/mol. The third-order valence-corrected chi connectivity index (χ3v) is 3.88. The van der Waals surface area contributed by atoms with Crippen LogP contribution < -0.4 is 11.1 Å². The van der Waals surface area contributed by atoms with Crippen molar-refractivity contribution in [3.8, 4) is 0 Å². The van der Waals surface area contributed by atoms with Gasteiger partial charge in [0.2, 0.25) is 5.91 Å². The van der Waals surface area contributed by atoms with Gasteiger partial charge in [-0.05, 0) is 25.3 Å². The van der Waals surface area contributed by atoms with Crippen LogP contribution in [0.3, 0.4) is 0 Å². The summed E-state index contributed by atoms with van der Waals surface area (Å²) in [6.07, 6.45) is 3.32. The van der Waals surface area contributed by atoms with Gasteiger partial charge in [-0.15, -0.1) is 0 Å². The Morgan fingerprint density at radius 2 is 2.10 bits per heavy atom. The van der Waals surface area contributed by atoms with Crippen molar-refractivity contribution in [2.24, 2.45) is 5.73 Å². The number of nitro benzene ring substituents is 1. The van der Waals surface area contributed by atoms with Gasteiger partial charge in [0.15, 0.2) is 0 Å². The minimum absolute atomic E-state index is 0.0203. The van der Waals surface area contributed by atoms with Gasteiger partial charge in [0.25, 0.3) is 5.69 Å². The van der Waals surface area contributed by atoms with Crippen molar-refractivity contribution in [3.63, 3.8) is 0 Å². The van der Waals surface area contributed by atoms with Gasteiger partial charge in [0.05, 0.1) is 16.5 Å². The molecule has 1 fully saturated rings. The van der Waals surface area contributed by atoms with Crippen LogP contribution in [0.15, 0.2) is 24.3 Å². The van der Waals surface area contributed by atoms with Crippen molar-refractivity contribution >= 4 is 11.6 Å². The van der Waals surface area contributed by atoms with E-state index < -0.39 is 10.5 Å². The van der Waals surface area contributed by atoms with Gasteiger partial charge in [-0.1, -0.05) is 25.0 Å². The largest absolute Gasteiger partial charge is 0.348 e. The Hall–Kier alpha value is -1.95. The second-order valence-electron chi connectivity index (χ2n) is 5.41. The topological polar surface area (TPSA) is 98.3 Å². The number of hydrogen-bond acceptors (Lipinski definition) is 4. The third kappa shape index (κ3) is 2.96. The summed E-state index contributed by atoms with van der Waals surface area (Å²) in [7, 11) is 0.